The fourth-order valence-corrected chi connectivity index (χ4v) is 3.40. The Morgan fingerprint density at radius 1 is 1.21 bits per heavy atom. The Morgan fingerprint density at radius 3 is 2.54 bits per heavy atom. The number of carbonyl (C=O) groups excluding carboxylic acids is 3. The number of ether oxygens (including phenoxy) is 2. The van der Waals surface area contributed by atoms with E-state index < -0.39 is 11.6 Å². The molecule has 3 amide bonds. The summed E-state index contributed by atoms with van der Waals surface area (Å²) >= 11 is 0. The Bertz CT molecular complexity index is 694. The van der Waals surface area contributed by atoms with Gasteiger partial charge in [-0.3, -0.25) is 14.5 Å². The number of nitrogens with one attached hydrogen (secondary N) is 1. The van der Waals surface area contributed by atoms with Crippen molar-refractivity contribution < 1.29 is 23.9 Å². The molecule has 0 atom stereocenters. The molecule has 1 aliphatic heterocycles. The summed E-state index contributed by atoms with van der Waals surface area (Å²) < 4.78 is 10.3. The molecule has 0 bridgehead atoms. The van der Waals surface area contributed by atoms with Crippen LogP contribution >= 0.6 is 0 Å². The number of hydrogen-bond donors (Lipinski definition) is 1. The number of hydrogen-bond acceptors (Lipinski definition) is 5. The second kappa shape index (κ2) is 6.14. The van der Waals surface area contributed by atoms with E-state index in [4.69, 9.17) is 9.47 Å². The topological polar surface area (TPSA) is 84.9 Å². The standard InChI is InChI=1S/C17H20N2O5/c1-23-11-5-6-14(24-2)12(9-11)13(20)10-19-15(21)17(18-16(19)22)7-3-4-8-17/h5-6,9H,3-4,7-8,10H2,1-2H3,(H,18,22). The van der Waals surface area contributed by atoms with Crippen LogP contribution in [0.25, 0.3) is 0 Å². The molecule has 1 aliphatic carbocycles. The summed E-state index contributed by atoms with van der Waals surface area (Å²) in [7, 11) is 2.96. The van der Waals surface area contributed by atoms with E-state index in [1.807, 2.05) is 0 Å². The van der Waals surface area contributed by atoms with Gasteiger partial charge in [-0.05, 0) is 31.0 Å². The maximum atomic E-state index is 12.6. The highest BCUT2D eigenvalue weighted by Gasteiger charge is 2.52. The molecule has 1 aromatic carbocycles. The van der Waals surface area contributed by atoms with Crippen molar-refractivity contribution in [2.24, 2.45) is 0 Å². The molecule has 7 heteroatoms. The molecule has 2 aliphatic rings. The highest BCUT2D eigenvalue weighted by molar-refractivity contribution is 6.11. The zero-order valence-corrected chi connectivity index (χ0v) is 13.8. The predicted molar refractivity (Wildman–Crippen MR) is 85.3 cm³/mol. The summed E-state index contributed by atoms with van der Waals surface area (Å²) in [5.41, 5.74) is -0.527. The molecule has 1 spiro atoms. The van der Waals surface area contributed by atoms with Crippen LogP contribution < -0.4 is 14.8 Å². The van der Waals surface area contributed by atoms with E-state index in [1.54, 1.807) is 18.2 Å². The number of nitrogens with zero attached hydrogens (tertiary/aromatic N) is 1. The number of rotatable bonds is 5. The molecule has 3 rings (SSSR count). The van der Waals surface area contributed by atoms with Crippen LogP contribution in [0.4, 0.5) is 4.79 Å². The van der Waals surface area contributed by atoms with E-state index in [0.717, 1.165) is 17.7 Å². The summed E-state index contributed by atoms with van der Waals surface area (Å²) in [6.07, 6.45) is 3.06. The van der Waals surface area contributed by atoms with Gasteiger partial charge in [0.2, 0.25) is 0 Å². The number of methoxy groups -OCH3 is 2. The summed E-state index contributed by atoms with van der Waals surface area (Å²) in [6, 6.07) is 4.34. The number of Topliss-reactive ketones (excluding diaryl/α,β-unsaturated/α-hetero) is 1. The fraction of sp³-hybridized carbons (Fsp3) is 0.471. The predicted octanol–water partition coefficient (Wildman–Crippen LogP) is 1.75. The quantitative estimate of drug-likeness (QED) is 0.656. The fourth-order valence-electron chi connectivity index (χ4n) is 3.40. The Morgan fingerprint density at radius 2 is 1.92 bits per heavy atom. The smallest absolute Gasteiger partial charge is 0.325 e. The molecule has 0 aromatic heterocycles. The number of benzene rings is 1. The highest BCUT2D eigenvalue weighted by Crippen LogP contribution is 2.35. The summed E-state index contributed by atoms with van der Waals surface area (Å²) in [5.74, 6) is 0.205. The van der Waals surface area contributed by atoms with Crippen LogP contribution in [-0.4, -0.2) is 48.9 Å². The molecule has 0 unspecified atom stereocenters. The van der Waals surface area contributed by atoms with Crippen molar-refractivity contribution in [3.8, 4) is 11.5 Å². The molecule has 128 valence electrons. The van der Waals surface area contributed by atoms with Crippen molar-refractivity contribution >= 4 is 17.7 Å². The van der Waals surface area contributed by atoms with Gasteiger partial charge in [-0.25, -0.2) is 4.79 Å². The lowest BCUT2D eigenvalue weighted by molar-refractivity contribution is -0.130. The lowest BCUT2D eigenvalue weighted by Crippen LogP contribution is -2.44. The van der Waals surface area contributed by atoms with Crippen molar-refractivity contribution in [1.82, 2.24) is 10.2 Å². The molecule has 7 nitrogen and oxygen atoms in total. The monoisotopic (exact) mass is 332 g/mol. The van der Waals surface area contributed by atoms with Crippen molar-refractivity contribution in [2.75, 3.05) is 20.8 Å². The van der Waals surface area contributed by atoms with Gasteiger partial charge in [-0.1, -0.05) is 12.8 Å². The molecule has 1 N–H and O–H groups in total. The third-order valence-corrected chi connectivity index (χ3v) is 4.71. The lowest BCUT2D eigenvalue weighted by atomic mass is 9.98. The number of amides is 3. The Balaban J connectivity index is 1.82. The first kappa shape index (κ1) is 16.3. The Kier molecular flexibility index (Phi) is 4.17. The van der Waals surface area contributed by atoms with Crippen molar-refractivity contribution in [2.45, 2.75) is 31.2 Å². The van der Waals surface area contributed by atoms with Crippen molar-refractivity contribution in [3.63, 3.8) is 0 Å². The van der Waals surface area contributed by atoms with Crippen LogP contribution in [0.2, 0.25) is 0 Å². The minimum Gasteiger partial charge on any atom is -0.497 e. The zero-order valence-electron chi connectivity index (χ0n) is 13.8. The summed E-state index contributed by atoms with van der Waals surface area (Å²) in [4.78, 5) is 38.4. The Hall–Kier alpha value is -2.57. The summed E-state index contributed by atoms with van der Waals surface area (Å²) in [6.45, 7) is -0.310. The molecular formula is C17H20N2O5. The van der Waals surface area contributed by atoms with E-state index in [2.05, 4.69) is 5.32 Å². The van der Waals surface area contributed by atoms with Gasteiger partial charge in [0.1, 0.15) is 17.0 Å². The number of imide groups is 1. The van der Waals surface area contributed by atoms with Crippen LogP contribution in [0.3, 0.4) is 0 Å². The normalized spacial score (nSPS) is 18.8. The van der Waals surface area contributed by atoms with E-state index in [1.165, 1.54) is 14.2 Å². The van der Waals surface area contributed by atoms with Crippen LogP contribution in [0.1, 0.15) is 36.0 Å². The van der Waals surface area contributed by atoms with Gasteiger partial charge >= 0.3 is 6.03 Å². The van der Waals surface area contributed by atoms with Gasteiger partial charge in [0.05, 0.1) is 26.3 Å². The van der Waals surface area contributed by atoms with Gasteiger partial charge in [0.15, 0.2) is 5.78 Å². The number of ketones is 1. The Labute approximate surface area is 139 Å². The lowest BCUT2D eigenvalue weighted by Gasteiger charge is -2.20. The molecule has 1 heterocycles. The van der Waals surface area contributed by atoms with Crippen molar-refractivity contribution in [3.05, 3.63) is 23.8 Å². The first-order valence-corrected chi connectivity index (χ1v) is 7.90. The first-order chi connectivity index (χ1) is 11.5. The minimum atomic E-state index is -0.810. The van der Waals surface area contributed by atoms with E-state index >= 15 is 0 Å². The molecule has 1 saturated heterocycles. The zero-order chi connectivity index (χ0) is 17.3. The summed E-state index contributed by atoms with van der Waals surface area (Å²) in [5, 5.41) is 2.77. The van der Waals surface area contributed by atoms with Gasteiger partial charge in [-0.2, -0.15) is 0 Å². The second-order valence-electron chi connectivity index (χ2n) is 6.10. The second-order valence-corrected chi connectivity index (χ2v) is 6.10. The molecular weight excluding hydrogens is 312 g/mol. The highest BCUT2D eigenvalue weighted by atomic mass is 16.5. The molecule has 1 saturated carbocycles. The van der Waals surface area contributed by atoms with Gasteiger partial charge in [0, 0.05) is 0 Å². The average molecular weight is 332 g/mol. The average Bonchev–Trinajstić information content (AvgIpc) is 3.15. The third kappa shape index (κ3) is 2.60. The van der Waals surface area contributed by atoms with Gasteiger partial charge in [-0.15, -0.1) is 0 Å². The van der Waals surface area contributed by atoms with E-state index in [9.17, 15) is 14.4 Å². The van der Waals surface area contributed by atoms with Crippen LogP contribution in [0, 0.1) is 0 Å². The number of urea groups is 1. The number of carbonyl (C=O) groups is 3. The third-order valence-electron chi connectivity index (χ3n) is 4.71. The maximum absolute atomic E-state index is 12.6. The van der Waals surface area contributed by atoms with Gasteiger partial charge < -0.3 is 14.8 Å². The molecule has 0 radical (unpaired) electrons. The maximum Gasteiger partial charge on any atom is 0.325 e. The van der Waals surface area contributed by atoms with Crippen LogP contribution in [-0.2, 0) is 4.79 Å². The van der Waals surface area contributed by atoms with Gasteiger partial charge in [0.25, 0.3) is 5.91 Å². The molecule has 2 fully saturated rings. The van der Waals surface area contributed by atoms with Crippen LogP contribution in [0.5, 0.6) is 11.5 Å². The van der Waals surface area contributed by atoms with E-state index in [0.29, 0.717) is 24.3 Å². The van der Waals surface area contributed by atoms with Crippen molar-refractivity contribution in [1.29, 1.82) is 0 Å². The largest absolute Gasteiger partial charge is 0.497 e. The SMILES string of the molecule is COc1ccc(OC)c(C(=O)CN2C(=O)NC3(CCCC3)C2=O)c1. The molecule has 1 aromatic rings. The van der Waals surface area contributed by atoms with Crippen LogP contribution in [0.15, 0.2) is 18.2 Å². The van der Waals surface area contributed by atoms with E-state index in [-0.39, 0.29) is 23.8 Å². The molecule has 24 heavy (non-hydrogen) atoms. The minimum absolute atomic E-state index is 0.282. The first-order valence-electron chi connectivity index (χ1n) is 7.90.